The van der Waals surface area contributed by atoms with Crippen molar-refractivity contribution in [3.05, 3.63) is 35.6 Å². The molecule has 0 radical (unpaired) electrons. The van der Waals surface area contributed by atoms with E-state index in [1.54, 1.807) is 12.1 Å². The van der Waals surface area contributed by atoms with Crippen LogP contribution in [0.3, 0.4) is 0 Å². The molecule has 1 saturated heterocycles. The van der Waals surface area contributed by atoms with Gasteiger partial charge in [0.2, 0.25) is 0 Å². The number of carbonyl (C=O) groups is 1. The third kappa shape index (κ3) is 3.63. The second-order valence-corrected chi connectivity index (χ2v) is 5.28. The molecule has 0 spiro atoms. The summed E-state index contributed by atoms with van der Waals surface area (Å²) >= 11 is 0. The van der Waals surface area contributed by atoms with Crippen molar-refractivity contribution >= 4 is 5.78 Å². The maximum absolute atomic E-state index is 13.3. The lowest BCUT2D eigenvalue weighted by molar-refractivity contribution is 0.0835. The van der Waals surface area contributed by atoms with Gasteiger partial charge in [0, 0.05) is 5.56 Å². The molecule has 1 fully saturated rings. The van der Waals surface area contributed by atoms with Crippen molar-refractivity contribution in [2.75, 3.05) is 13.1 Å². The zero-order valence-corrected chi connectivity index (χ0v) is 11.6. The van der Waals surface area contributed by atoms with Gasteiger partial charge in [-0.3, -0.25) is 9.69 Å². The molecule has 1 aromatic carbocycles. The van der Waals surface area contributed by atoms with Gasteiger partial charge in [-0.25, -0.2) is 4.39 Å². The molecule has 1 aliphatic rings. The molecule has 0 saturated carbocycles. The third-order valence-corrected chi connectivity index (χ3v) is 3.82. The van der Waals surface area contributed by atoms with Crippen molar-refractivity contribution in [1.82, 2.24) is 4.90 Å². The van der Waals surface area contributed by atoms with E-state index in [-0.39, 0.29) is 17.6 Å². The van der Waals surface area contributed by atoms with E-state index in [0.29, 0.717) is 5.56 Å². The Bertz CT molecular complexity index is 427. The molecule has 0 aromatic heterocycles. The van der Waals surface area contributed by atoms with Crippen LogP contribution in [0.4, 0.5) is 4.39 Å². The molecule has 2 rings (SSSR count). The molecule has 1 atom stereocenters. The monoisotopic (exact) mass is 263 g/mol. The van der Waals surface area contributed by atoms with Crippen LogP contribution < -0.4 is 0 Å². The lowest BCUT2D eigenvalue weighted by Crippen LogP contribution is -2.39. The zero-order chi connectivity index (χ0) is 13.7. The van der Waals surface area contributed by atoms with E-state index in [0.717, 1.165) is 32.4 Å². The number of likely N-dealkylation sites (tertiary alicyclic amines) is 1. The standard InChI is InChI=1S/C16H22FNO/c1-2-3-9-15(18-10-4-5-11-18)16(19)13-7-6-8-14(17)12-13/h6-8,12,15H,2-5,9-11H2,1H3. The van der Waals surface area contributed by atoms with Crippen molar-refractivity contribution < 1.29 is 9.18 Å². The average Bonchev–Trinajstić information content (AvgIpc) is 2.93. The fraction of sp³-hybridized carbons (Fsp3) is 0.562. The Labute approximate surface area is 114 Å². The van der Waals surface area contributed by atoms with Crippen molar-refractivity contribution in [3.8, 4) is 0 Å². The topological polar surface area (TPSA) is 20.3 Å². The summed E-state index contributed by atoms with van der Waals surface area (Å²) in [5.74, 6) is -0.253. The van der Waals surface area contributed by atoms with Gasteiger partial charge in [0.25, 0.3) is 0 Å². The van der Waals surface area contributed by atoms with Gasteiger partial charge in [-0.15, -0.1) is 0 Å². The molecular weight excluding hydrogens is 241 g/mol. The minimum atomic E-state index is -0.332. The lowest BCUT2D eigenvalue weighted by atomic mass is 9.98. The Morgan fingerprint density at radius 2 is 2.11 bits per heavy atom. The number of ketones is 1. The van der Waals surface area contributed by atoms with E-state index in [2.05, 4.69) is 11.8 Å². The summed E-state index contributed by atoms with van der Waals surface area (Å²) in [4.78, 5) is 14.8. The van der Waals surface area contributed by atoms with Gasteiger partial charge in [0.1, 0.15) is 5.82 Å². The molecule has 1 aliphatic heterocycles. The second kappa shape index (κ2) is 6.80. The Balaban J connectivity index is 2.14. The van der Waals surface area contributed by atoms with E-state index < -0.39 is 0 Å². The summed E-state index contributed by atoms with van der Waals surface area (Å²) in [7, 11) is 0. The van der Waals surface area contributed by atoms with Gasteiger partial charge in [0.05, 0.1) is 6.04 Å². The molecule has 0 amide bonds. The smallest absolute Gasteiger partial charge is 0.180 e. The van der Waals surface area contributed by atoms with E-state index in [4.69, 9.17) is 0 Å². The Hall–Kier alpha value is -1.22. The molecule has 19 heavy (non-hydrogen) atoms. The molecule has 0 aliphatic carbocycles. The van der Waals surface area contributed by atoms with E-state index in [9.17, 15) is 9.18 Å². The first kappa shape index (κ1) is 14.2. The highest BCUT2D eigenvalue weighted by Crippen LogP contribution is 2.20. The summed E-state index contributed by atoms with van der Waals surface area (Å²) in [6.45, 7) is 4.12. The Morgan fingerprint density at radius 1 is 1.37 bits per heavy atom. The van der Waals surface area contributed by atoms with Crippen LogP contribution in [-0.4, -0.2) is 29.8 Å². The number of carbonyl (C=O) groups excluding carboxylic acids is 1. The number of halogens is 1. The summed E-state index contributed by atoms with van der Waals surface area (Å²) in [6, 6.07) is 6.01. The summed E-state index contributed by atoms with van der Waals surface area (Å²) < 4.78 is 13.3. The maximum Gasteiger partial charge on any atom is 0.180 e. The van der Waals surface area contributed by atoms with E-state index in [1.165, 1.54) is 25.0 Å². The number of hydrogen-bond donors (Lipinski definition) is 0. The van der Waals surface area contributed by atoms with Crippen molar-refractivity contribution in [3.63, 3.8) is 0 Å². The summed E-state index contributed by atoms with van der Waals surface area (Å²) in [5.41, 5.74) is 0.507. The first-order chi connectivity index (χ1) is 9.22. The number of nitrogens with zero attached hydrogens (tertiary/aromatic N) is 1. The number of rotatable bonds is 6. The Morgan fingerprint density at radius 3 is 2.74 bits per heavy atom. The SMILES string of the molecule is CCCCC(C(=O)c1cccc(F)c1)N1CCCC1. The van der Waals surface area contributed by atoms with E-state index >= 15 is 0 Å². The first-order valence-electron chi connectivity index (χ1n) is 7.26. The fourth-order valence-corrected chi connectivity index (χ4v) is 2.76. The minimum absolute atomic E-state index is 0.0655. The molecule has 104 valence electrons. The van der Waals surface area contributed by atoms with Gasteiger partial charge < -0.3 is 0 Å². The molecule has 0 N–H and O–H groups in total. The predicted molar refractivity (Wildman–Crippen MR) is 74.9 cm³/mol. The third-order valence-electron chi connectivity index (χ3n) is 3.82. The quantitative estimate of drug-likeness (QED) is 0.730. The second-order valence-electron chi connectivity index (χ2n) is 5.28. The van der Waals surface area contributed by atoms with Gasteiger partial charge >= 0.3 is 0 Å². The molecule has 1 unspecified atom stereocenters. The van der Waals surface area contributed by atoms with Gasteiger partial charge in [-0.2, -0.15) is 0 Å². The van der Waals surface area contributed by atoms with Gasteiger partial charge in [0.15, 0.2) is 5.78 Å². The highest BCUT2D eigenvalue weighted by molar-refractivity contribution is 6.00. The molecule has 1 heterocycles. The molecule has 3 heteroatoms. The molecule has 0 bridgehead atoms. The molecule has 2 nitrogen and oxygen atoms in total. The van der Waals surface area contributed by atoms with Crippen molar-refractivity contribution in [2.24, 2.45) is 0 Å². The number of hydrogen-bond acceptors (Lipinski definition) is 2. The summed E-state index contributed by atoms with van der Waals surface area (Å²) in [5, 5.41) is 0. The number of benzene rings is 1. The normalized spacial score (nSPS) is 17.6. The van der Waals surface area contributed by atoms with Crippen LogP contribution in [0.1, 0.15) is 49.4 Å². The Kier molecular flexibility index (Phi) is 5.08. The van der Waals surface area contributed by atoms with Gasteiger partial charge in [-0.1, -0.05) is 31.9 Å². The van der Waals surface area contributed by atoms with Crippen LogP contribution in [0, 0.1) is 5.82 Å². The average molecular weight is 263 g/mol. The van der Waals surface area contributed by atoms with Crippen molar-refractivity contribution in [1.29, 1.82) is 0 Å². The van der Waals surface area contributed by atoms with Crippen LogP contribution >= 0.6 is 0 Å². The zero-order valence-electron chi connectivity index (χ0n) is 11.6. The predicted octanol–water partition coefficient (Wildman–Crippen LogP) is 3.66. The van der Waals surface area contributed by atoms with Crippen LogP contribution in [0.2, 0.25) is 0 Å². The number of unbranched alkanes of at least 4 members (excludes halogenated alkanes) is 1. The van der Waals surface area contributed by atoms with Gasteiger partial charge in [-0.05, 0) is 44.5 Å². The fourth-order valence-electron chi connectivity index (χ4n) is 2.76. The van der Waals surface area contributed by atoms with Crippen LogP contribution in [0.15, 0.2) is 24.3 Å². The largest absolute Gasteiger partial charge is 0.293 e. The summed E-state index contributed by atoms with van der Waals surface area (Å²) in [6.07, 6.45) is 5.34. The van der Waals surface area contributed by atoms with Crippen LogP contribution in [0.5, 0.6) is 0 Å². The van der Waals surface area contributed by atoms with Crippen LogP contribution in [0.25, 0.3) is 0 Å². The molecule has 1 aromatic rings. The molecular formula is C16H22FNO. The maximum atomic E-state index is 13.3. The first-order valence-corrected chi connectivity index (χ1v) is 7.26. The highest BCUT2D eigenvalue weighted by Gasteiger charge is 2.28. The lowest BCUT2D eigenvalue weighted by Gasteiger charge is -2.26. The highest BCUT2D eigenvalue weighted by atomic mass is 19.1. The van der Waals surface area contributed by atoms with Crippen LogP contribution in [-0.2, 0) is 0 Å². The number of Topliss-reactive ketones (excluding diaryl/α,β-unsaturated/α-hetero) is 1. The minimum Gasteiger partial charge on any atom is -0.293 e. The van der Waals surface area contributed by atoms with Crippen molar-refractivity contribution in [2.45, 2.75) is 45.1 Å². The van der Waals surface area contributed by atoms with E-state index in [1.807, 2.05) is 0 Å².